The minimum Gasteiger partial charge on any atom is -0.285 e. The van der Waals surface area contributed by atoms with Crippen molar-refractivity contribution < 1.29 is 0 Å². The zero-order chi connectivity index (χ0) is 13.2. The summed E-state index contributed by atoms with van der Waals surface area (Å²) < 4.78 is 3.03. The number of aromatic nitrogens is 3. The van der Waals surface area contributed by atoms with Gasteiger partial charge in [-0.25, -0.2) is 0 Å². The molecule has 0 fully saturated rings. The number of aryl methyl sites for hydroxylation is 2. The molecule has 0 atom stereocenters. The molecule has 0 bridgehead atoms. The average molecular weight is 337 g/mol. The quantitative estimate of drug-likeness (QED) is 0.725. The van der Waals surface area contributed by atoms with Crippen LogP contribution in [0.15, 0.2) is 47.1 Å². The second kappa shape index (κ2) is 5.31. The predicted molar refractivity (Wildman–Crippen MR) is 79.5 cm³/mol. The Balaban J connectivity index is 1.84. The summed E-state index contributed by atoms with van der Waals surface area (Å²) in [5.74, 6) is 0.955. The standard InChI is InChI=1S/C14H11BrClN3/c15-11-5-7-14-18-17-13(19(14)9-11)6-4-10-2-1-3-12(16)8-10/h1-3,5,7-9H,4,6H2. The van der Waals surface area contributed by atoms with Crippen LogP contribution in [0.25, 0.3) is 5.65 Å². The number of fused-ring (bicyclic) bond motifs is 1. The Morgan fingerprint density at radius 2 is 2.00 bits per heavy atom. The minimum atomic E-state index is 0.770. The van der Waals surface area contributed by atoms with E-state index in [1.165, 1.54) is 5.56 Å². The highest BCUT2D eigenvalue weighted by Crippen LogP contribution is 2.15. The second-order valence-electron chi connectivity index (χ2n) is 4.32. The van der Waals surface area contributed by atoms with E-state index in [1.807, 2.05) is 40.9 Å². The summed E-state index contributed by atoms with van der Waals surface area (Å²) in [6.07, 6.45) is 3.72. The Morgan fingerprint density at radius 3 is 2.84 bits per heavy atom. The number of benzene rings is 1. The summed E-state index contributed by atoms with van der Waals surface area (Å²) in [4.78, 5) is 0. The molecule has 3 aromatic rings. The van der Waals surface area contributed by atoms with Crippen LogP contribution in [0.2, 0.25) is 5.02 Å². The van der Waals surface area contributed by atoms with Crippen molar-refractivity contribution in [3.63, 3.8) is 0 Å². The van der Waals surface area contributed by atoms with Crippen molar-refractivity contribution in [1.82, 2.24) is 14.6 Å². The van der Waals surface area contributed by atoms with Crippen LogP contribution < -0.4 is 0 Å². The molecule has 3 nitrogen and oxygen atoms in total. The lowest BCUT2D eigenvalue weighted by Gasteiger charge is -2.02. The molecule has 0 saturated carbocycles. The predicted octanol–water partition coefficient (Wildman–Crippen LogP) is 3.93. The van der Waals surface area contributed by atoms with Crippen LogP contribution in [0, 0.1) is 0 Å². The molecule has 0 radical (unpaired) electrons. The Labute approximate surface area is 124 Å². The summed E-state index contributed by atoms with van der Waals surface area (Å²) >= 11 is 9.44. The molecule has 96 valence electrons. The SMILES string of the molecule is Clc1cccc(CCc2nnc3ccc(Br)cn23)c1. The molecule has 1 aromatic carbocycles. The Morgan fingerprint density at radius 1 is 1.11 bits per heavy atom. The zero-order valence-electron chi connectivity index (χ0n) is 10.1. The molecule has 0 aliphatic heterocycles. The van der Waals surface area contributed by atoms with Crippen molar-refractivity contribution in [3.05, 3.63) is 63.5 Å². The van der Waals surface area contributed by atoms with E-state index in [1.54, 1.807) is 0 Å². The highest BCUT2D eigenvalue weighted by molar-refractivity contribution is 9.10. The summed E-state index contributed by atoms with van der Waals surface area (Å²) in [6.45, 7) is 0. The molecule has 0 aliphatic carbocycles. The van der Waals surface area contributed by atoms with Gasteiger partial charge in [-0.3, -0.25) is 4.40 Å². The van der Waals surface area contributed by atoms with Crippen molar-refractivity contribution in [2.24, 2.45) is 0 Å². The van der Waals surface area contributed by atoms with Gasteiger partial charge in [-0.05, 0) is 52.2 Å². The number of hydrogen-bond acceptors (Lipinski definition) is 2. The lowest BCUT2D eigenvalue weighted by atomic mass is 10.1. The smallest absolute Gasteiger partial charge is 0.160 e. The molecule has 0 N–H and O–H groups in total. The first-order valence-electron chi connectivity index (χ1n) is 5.96. The van der Waals surface area contributed by atoms with E-state index in [0.29, 0.717) is 0 Å². The number of pyridine rings is 1. The fraction of sp³-hybridized carbons (Fsp3) is 0.143. The van der Waals surface area contributed by atoms with Gasteiger partial charge in [0, 0.05) is 22.1 Å². The van der Waals surface area contributed by atoms with Gasteiger partial charge in [-0.2, -0.15) is 0 Å². The fourth-order valence-corrected chi connectivity index (χ4v) is 2.58. The molecule has 5 heteroatoms. The molecule has 0 saturated heterocycles. The molecule has 3 rings (SSSR count). The first-order valence-corrected chi connectivity index (χ1v) is 7.13. The summed E-state index contributed by atoms with van der Waals surface area (Å²) in [6, 6.07) is 11.8. The molecule has 19 heavy (non-hydrogen) atoms. The summed E-state index contributed by atoms with van der Waals surface area (Å²) in [7, 11) is 0. The van der Waals surface area contributed by atoms with Crippen LogP contribution >= 0.6 is 27.5 Å². The van der Waals surface area contributed by atoms with E-state index in [-0.39, 0.29) is 0 Å². The molecule has 0 aliphatic rings. The van der Waals surface area contributed by atoms with Gasteiger partial charge in [-0.1, -0.05) is 23.7 Å². The number of halogens is 2. The maximum absolute atomic E-state index is 5.98. The number of nitrogens with zero attached hydrogens (tertiary/aromatic N) is 3. The third kappa shape index (κ3) is 2.80. The molecule has 2 aromatic heterocycles. The maximum Gasteiger partial charge on any atom is 0.160 e. The highest BCUT2D eigenvalue weighted by atomic mass is 79.9. The molecular formula is C14H11BrClN3. The van der Waals surface area contributed by atoms with Gasteiger partial charge < -0.3 is 0 Å². The minimum absolute atomic E-state index is 0.770. The molecule has 2 heterocycles. The fourth-order valence-electron chi connectivity index (χ4n) is 2.03. The van der Waals surface area contributed by atoms with Gasteiger partial charge in [0.25, 0.3) is 0 Å². The van der Waals surface area contributed by atoms with E-state index in [9.17, 15) is 0 Å². The van der Waals surface area contributed by atoms with Crippen LogP contribution in [0.1, 0.15) is 11.4 Å². The van der Waals surface area contributed by atoms with Crippen LogP contribution in [-0.2, 0) is 12.8 Å². The van der Waals surface area contributed by atoms with Crippen molar-refractivity contribution in [3.8, 4) is 0 Å². The monoisotopic (exact) mass is 335 g/mol. The van der Waals surface area contributed by atoms with Crippen LogP contribution in [0.5, 0.6) is 0 Å². The summed E-state index contributed by atoms with van der Waals surface area (Å²) in [5.41, 5.74) is 2.07. The van der Waals surface area contributed by atoms with Crippen LogP contribution in [0.4, 0.5) is 0 Å². The Kier molecular flexibility index (Phi) is 3.53. The van der Waals surface area contributed by atoms with Crippen LogP contribution in [-0.4, -0.2) is 14.6 Å². The van der Waals surface area contributed by atoms with Gasteiger partial charge in [-0.15, -0.1) is 10.2 Å². The Bertz CT molecular complexity index is 724. The van der Waals surface area contributed by atoms with Crippen molar-refractivity contribution in [2.75, 3.05) is 0 Å². The van der Waals surface area contributed by atoms with Gasteiger partial charge in [0.2, 0.25) is 0 Å². The van der Waals surface area contributed by atoms with E-state index in [4.69, 9.17) is 11.6 Å². The highest BCUT2D eigenvalue weighted by Gasteiger charge is 2.06. The second-order valence-corrected chi connectivity index (χ2v) is 5.67. The van der Waals surface area contributed by atoms with E-state index in [2.05, 4.69) is 32.2 Å². The van der Waals surface area contributed by atoms with Gasteiger partial charge in [0.1, 0.15) is 5.82 Å². The Hall–Kier alpha value is -1.39. The van der Waals surface area contributed by atoms with Gasteiger partial charge >= 0.3 is 0 Å². The molecular weight excluding hydrogens is 326 g/mol. The first-order chi connectivity index (χ1) is 9.22. The van der Waals surface area contributed by atoms with Crippen LogP contribution in [0.3, 0.4) is 0 Å². The average Bonchev–Trinajstić information content (AvgIpc) is 2.79. The normalized spacial score (nSPS) is 11.1. The third-order valence-electron chi connectivity index (χ3n) is 2.96. The molecule has 0 amide bonds. The van der Waals surface area contributed by atoms with Gasteiger partial charge in [0.05, 0.1) is 0 Å². The molecule has 0 unspecified atom stereocenters. The topological polar surface area (TPSA) is 30.2 Å². The number of hydrogen-bond donors (Lipinski definition) is 0. The third-order valence-corrected chi connectivity index (χ3v) is 3.67. The van der Waals surface area contributed by atoms with Crippen molar-refractivity contribution in [2.45, 2.75) is 12.8 Å². The summed E-state index contributed by atoms with van der Waals surface area (Å²) in [5, 5.41) is 9.16. The zero-order valence-corrected chi connectivity index (χ0v) is 12.4. The number of rotatable bonds is 3. The van der Waals surface area contributed by atoms with E-state index >= 15 is 0 Å². The van der Waals surface area contributed by atoms with Crippen molar-refractivity contribution >= 4 is 33.2 Å². The van der Waals surface area contributed by atoms with Gasteiger partial charge in [0.15, 0.2) is 5.65 Å². The molecule has 0 spiro atoms. The largest absolute Gasteiger partial charge is 0.285 e. The first kappa shape index (κ1) is 12.6. The van der Waals surface area contributed by atoms with Crippen molar-refractivity contribution in [1.29, 1.82) is 0 Å². The lowest BCUT2D eigenvalue weighted by molar-refractivity contribution is 0.838. The van der Waals surface area contributed by atoms with E-state index < -0.39 is 0 Å². The lowest BCUT2D eigenvalue weighted by Crippen LogP contribution is -1.98. The maximum atomic E-state index is 5.98. The van der Waals surface area contributed by atoms with E-state index in [0.717, 1.165) is 33.8 Å².